The van der Waals surface area contributed by atoms with Gasteiger partial charge in [0.25, 0.3) is 0 Å². The van der Waals surface area contributed by atoms with E-state index < -0.39 is 0 Å². The van der Waals surface area contributed by atoms with Gasteiger partial charge >= 0.3 is 0 Å². The SMILES string of the molecule is COc1ccc2cc(C(Br)c3sccc3Cl)ccc2c1. The maximum atomic E-state index is 6.21. The predicted octanol–water partition coefficient (Wildman–Crippen LogP) is 6.05. The van der Waals surface area contributed by atoms with Crippen LogP contribution in [0.2, 0.25) is 5.02 Å². The molecule has 102 valence electrons. The summed E-state index contributed by atoms with van der Waals surface area (Å²) in [7, 11) is 1.68. The van der Waals surface area contributed by atoms with E-state index in [2.05, 4.69) is 40.2 Å². The Hall–Kier alpha value is -1.03. The molecule has 0 aliphatic carbocycles. The van der Waals surface area contributed by atoms with Gasteiger partial charge in [0, 0.05) is 4.88 Å². The minimum Gasteiger partial charge on any atom is -0.497 e. The van der Waals surface area contributed by atoms with E-state index in [1.54, 1.807) is 18.4 Å². The Morgan fingerprint density at radius 3 is 2.55 bits per heavy atom. The van der Waals surface area contributed by atoms with Crippen LogP contribution in [0.25, 0.3) is 10.8 Å². The number of hydrogen-bond acceptors (Lipinski definition) is 2. The van der Waals surface area contributed by atoms with Gasteiger partial charge in [0.15, 0.2) is 0 Å². The third-order valence-electron chi connectivity index (χ3n) is 3.24. The summed E-state index contributed by atoms with van der Waals surface area (Å²) in [4.78, 5) is 1.26. The van der Waals surface area contributed by atoms with Crippen LogP contribution in [0.1, 0.15) is 15.3 Å². The van der Waals surface area contributed by atoms with Crippen LogP contribution >= 0.6 is 38.9 Å². The van der Waals surface area contributed by atoms with E-state index in [4.69, 9.17) is 16.3 Å². The van der Waals surface area contributed by atoms with Crippen LogP contribution in [0, 0.1) is 0 Å². The number of alkyl halides is 1. The quantitative estimate of drug-likeness (QED) is 0.512. The first-order valence-electron chi connectivity index (χ1n) is 6.13. The van der Waals surface area contributed by atoms with Crippen molar-refractivity contribution in [2.75, 3.05) is 7.11 Å². The summed E-state index contributed by atoms with van der Waals surface area (Å²) < 4.78 is 5.25. The average Bonchev–Trinajstić information content (AvgIpc) is 2.91. The second-order valence-electron chi connectivity index (χ2n) is 4.47. The van der Waals surface area contributed by atoms with Gasteiger partial charge < -0.3 is 4.74 Å². The summed E-state index contributed by atoms with van der Waals surface area (Å²) in [6, 6.07) is 14.5. The van der Waals surface area contributed by atoms with Crippen LogP contribution in [0.4, 0.5) is 0 Å². The maximum Gasteiger partial charge on any atom is 0.119 e. The van der Waals surface area contributed by atoms with Crippen molar-refractivity contribution >= 4 is 49.6 Å². The Bertz CT molecular complexity index is 753. The molecule has 3 rings (SSSR count). The number of fused-ring (bicyclic) bond motifs is 1. The highest BCUT2D eigenvalue weighted by molar-refractivity contribution is 9.09. The number of halogens is 2. The fourth-order valence-electron chi connectivity index (χ4n) is 2.16. The Balaban J connectivity index is 2.03. The van der Waals surface area contributed by atoms with E-state index >= 15 is 0 Å². The van der Waals surface area contributed by atoms with E-state index in [0.717, 1.165) is 15.6 Å². The molecule has 0 saturated heterocycles. The summed E-state index contributed by atoms with van der Waals surface area (Å²) in [5.74, 6) is 0.877. The second kappa shape index (κ2) is 5.76. The number of ether oxygens (including phenoxy) is 1. The van der Waals surface area contributed by atoms with E-state index in [1.807, 2.05) is 23.6 Å². The molecule has 0 N–H and O–H groups in total. The van der Waals surface area contributed by atoms with Crippen LogP contribution in [-0.4, -0.2) is 7.11 Å². The standard InChI is InChI=1S/C16H12BrClOS/c1-19-13-5-4-10-8-12(3-2-11(10)9-13)15(17)16-14(18)6-7-20-16/h2-9,15H,1H3. The molecule has 1 atom stereocenters. The van der Waals surface area contributed by atoms with Gasteiger partial charge in [-0.3, -0.25) is 0 Å². The van der Waals surface area contributed by atoms with Crippen LogP contribution in [0.3, 0.4) is 0 Å². The van der Waals surface area contributed by atoms with Crippen molar-refractivity contribution in [1.82, 2.24) is 0 Å². The molecule has 1 unspecified atom stereocenters. The fourth-order valence-corrected chi connectivity index (χ4v) is 4.32. The third-order valence-corrected chi connectivity index (χ3v) is 5.95. The normalized spacial score (nSPS) is 12.6. The Morgan fingerprint density at radius 2 is 1.85 bits per heavy atom. The molecule has 0 spiro atoms. The molecule has 0 bridgehead atoms. The topological polar surface area (TPSA) is 9.23 Å². The third kappa shape index (κ3) is 2.58. The molecule has 2 aromatic carbocycles. The van der Waals surface area contributed by atoms with Gasteiger partial charge in [0.05, 0.1) is 17.0 Å². The molecule has 4 heteroatoms. The van der Waals surface area contributed by atoms with E-state index in [0.29, 0.717) is 0 Å². The lowest BCUT2D eigenvalue weighted by molar-refractivity contribution is 0.415. The number of rotatable bonds is 3. The molecule has 3 aromatic rings. The summed E-state index contributed by atoms with van der Waals surface area (Å²) >= 11 is 11.6. The highest BCUT2D eigenvalue weighted by Crippen LogP contribution is 2.39. The van der Waals surface area contributed by atoms with Crippen molar-refractivity contribution < 1.29 is 4.74 Å². The monoisotopic (exact) mass is 366 g/mol. The number of benzene rings is 2. The Kier molecular flexibility index (Phi) is 4.01. The van der Waals surface area contributed by atoms with Crippen molar-refractivity contribution in [2.45, 2.75) is 4.83 Å². The lowest BCUT2D eigenvalue weighted by Crippen LogP contribution is -1.91. The van der Waals surface area contributed by atoms with Crippen LogP contribution in [0.15, 0.2) is 47.8 Å². The van der Waals surface area contributed by atoms with Crippen molar-refractivity contribution in [1.29, 1.82) is 0 Å². The van der Waals surface area contributed by atoms with Gasteiger partial charge in [-0.25, -0.2) is 0 Å². The fraction of sp³-hybridized carbons (Fsp3) is 0.125. The van der Waals surface area contributed by atoms with Crippen LogP contribution in [-0.2, 0) is 0 Å². The molecule has 20 heavy (non-hydrogen) atoms. The van der Waals surface area contributed by atoms with Crippen molar-refractivity contribution in [2.24, 2.45) is 0 Å². The summed E-state index contributed by atoms with van der Waals surface area (Å²) in [5, 5.41) is 5.19. The van der Waals surface area contributed by atoms with Gasteiger partial charge in [-0.1, -0.05) is 45.7 Å². The lowest BCUT2D eigenvalue weighted by atomic mass is 10.0. The lowest BCUT2D eigenvalue weighted by Gasteiger charge is -2.11. The van der Waals surface area contributed by atoms with E-state index in [9.17, 15) is 0 Å². The molecule has 0 radical (unpaired) electrons. The minimum absolute atomic E-state index is 0.126. The highest BCUT2D eigenvalue weighted by atomic mass is 79.9. The molecule has 1 nitrogen and oxygen atoms in total. The van der Waals surface area contributed by atoms with Gasteiger partial charge in [0.1, 0.15) is 5.75 Å². The Morgan fingerprint density at radius 1 is 1.10 bits per heavy atom. The number of hydrogen-bond donors (Lipinski definition) is 0. The molecule has 0 saturated carbocycles. The zero-order chi connectivity index (χ0) is 14.1. The maximum absolute atomic E-state index is 6.21. The van der Waals surface area contributed by atoms with Gasteiger partial charge in [-0.2, -0.15) is 0 Å². The molecule has 1 heterocycles. The summed E-state index contributed by atoms with van der Waals surface area (Å²) in [6.07, 6.45) is 0. The van der Waals surface area contributed by atoms with Crippen molar-refractivity contribution in [3.05, 3.63) is 63.3 Å². The molecule has 0 aliphatic rings. The van der Waals surface area contributed by atoms with Gasteiger partial charge in [-0.15, -0.1) is 11.3 Å². The molecular formula is C16H12BrClOS. The zero-order valence-electron chi connectivity index (χ0n) is 10.8. The summed E-state index contributed by atoms with van der Waals surface area (Å²) in [5.41, 5.74) is 1.20. The van der Waals surface area contributed by atoms with Crippen molar-refractivity contribution in [3.63, 3.8) is 0 Å². The average molecular weight is 368 g/mol. The first-order valence-corrected chi connectivity index (χ1v) is 8.31. The van der Waals surface area contributed by atoms with E-state index in [1.165, 1.54) is 16.3 Å². The predicted molar refractivity (Wildman–Crippen MR) is 90.6 cm³/mol. The Labute approximate surface area is 135 Å². The first-order chi connectivity index (χ1) is 9.69. The molecule has 0 fully saturated rings. The second-order valence-corrected chi connectivity index (χ2v) is 6.74. The smallest absolute Gasteiger partial charge is 0.119 e. The minimum atomic E-state index is 0.126. The first kappa shape index (κ1) is 13.9. The van der Waals surface area contributed by atoms with Gasteiger partial charge in [0.2, 0.25) is 0 Å². The van der Waals surface area contributed by atoms with Gasteiger partial charge in [-0.05, 0) is 46.0 Å². The molecule has 1 aromatic heterocycles. The molecular weight excluding hydrogens is 356 g/mol. The largest absolute Gasteiger partial charge is 0.497 e. The number of thiophene rings is 1. The summed E-state index contributed by atoms with van der Waals surface area (Å²) in [6.45, 7) is 0. The zero-order valence-corrected chi connectivity index (χ0v) is 13.9. The highest BCUT2D eigenvalue weighted by Gasteiger charge is 2.15. The molecule has 0 aliphatic heterocycles. The van der Waals surface area contributed by atoms with Crippen LogP contribution in [0.5, 0.6) is 5.75 Å². The van der Waals surface area contributed by atoms with E-state index in [-0.39, 0.29) is 4.83 Å². The molecule has 0 amide bonds. The van der Waals surface area contributed by atoms with Crippen molar-refractivity contribution in [3.8, 4) is 5.75 Å². The number of methoxy groups -OCH3 is 1. The van der Waals surface area contributed by atoms with Crippen LogP contribution < -0.4 is 4.74 Å².